The summed E-state index contributed by atoms with van der Waals surface area (Å²) in [7, 11) is 5.28. The highest BCUT2D eigenvalue weighted by Crippen LogP contribution is 2.19. The molecule has 1 N–H and O–H groups in total. The van der Waals surface area contributed by atoms with E-state index in [1.54, 1.807) is 32.4 Å². The molecule has 100 valence electrons. The Morgan fingerprint density at radius 2 is 1.94 bits per heavy atom. The Kier molecular flexibility index (Phi) is 4.29. The second-order valence-corrected chi connectivity index (χ2v) is 5.13. The van der Waals surface area contributed by atoms with Crippen molar-refractivity contribution in [1.82, 2.24) is 9.88 Å². The Balaban J connectivity index is 2.93. The fourth-order valence-corrected chi connectivity index (χ4v) is 1.39. The lowest BCUT2D eigenvalue weighted by Crippen LogP contribution is -2.44. The van der Waals surface area contributed by atoms with Crippen LogP contribution in [0.2, 0.25) is 0 Å². The van der Waals surface area contributed by atoms with Crippen LogP contribution in [0.1, 0.15) is 24.2 Å². The number of nitrogens with zero attached hydrogens (tertiary/aromatic N) is 3. The zero-order valence-electron chi connectivity index (χ0n) is 11.6. The lowest BCUT2D eigenvalue weighted by molar-refractivity contribution is 0.0827. The molecule has 0 fully saturated rings. The summed E-state index contributed by atoms with van der Waals surface area (Å²) in [5.41, 5.74) is 0.166. The van der Waals surface area contributed by atoms with Crippen molar-refractivity contribution in [3.8, 4) is 0 Å². The van der Waals surface area contributed by atoms with Crippen molar-refractivity contribution in [2.24, 2.45) is 0 Å². The molecule has 1 aromatic heterocycles. The molecule has 0 aliphatic carbocycles. The molecule has 1 aromatic rings. The van der Waals surface area contributed by atoms with Crippen molar-refractivity contribution in [1.29, 1.82) is 0 Å². The van der Waals surface area contributed by atoms with E-state index < -0.39 is 0 Å². The molecule has 0 radical (unpaired) electrons. The van der Waals surface area contributed by atoms with Gasteiger partial charge in [-0.3, -0.25) is 4.79 Å². The van der Waals surface area contributed by atoms with Gasteiger partial charge in [-0.1, -0.05) is 0 Å². The molecule has 5 heteroatoms. The minimum atomic E-state index is -0.389. The molecule has 0 saturated carbocycles. The number of carbonyl (C=O) groups excluding carboxylic acids is 1. The number of amides is 1. The van der Waals surface area contributed by atoms with E-state index in [1.807, 2.05) is 25.8 Å². The van der Waals surface area contributed by atoms with Crippen LogP contribution in [0.15, 0.2) is 18.3 Å². The minimum Gasteiger partial charge on any atom is -0.394 e. The van der Waals surface area contributed by atoms with E-state index in [2.05, 4.69) is 4.98 Å². The summed E-state index contributed by atoms with van der Waals surface area (Å²) in [6, 6.07) is 3.53. The number of rotatable bonds is 4. The molecule has 5 nitrogen and oxygen atoms in total. The fraction of sp³-hybridized carbons (Fsp3) is 0.538. The molecule has 0 aliphatic rings. The van der Waals surface area contributed by atoms with Gasteiger partial charge in [0.25, 0.3) is 5.91 Å². The third-order valence-corrected chi connectivity index (χ3v) is 3.04. The van der Waals surface area contributed by atoms with E-state index in [0.29, 0.717) is 5.56 Å². The summed E-state index contributed by atoms with van der Waals surface area (Å²) in [6.45, 7) is 3.88. The lowest BCUT2D eigenvalue weighted by atomic mass is 10.1. The van der Waals surface area contributed by atoms with Crippen molar-refractivity contribution < 1.29 is 9.90 Å². The van der Waals surface area contributed by atoms with Crippen LogP contribution in [0.5, 0.6) is 0 Å². The summed E-state index contributed by atoms with van der Waals surface area (Å²) in [5, 5.41) is 9.31. The van der Waals surface area contributed by atoms with Crippen molar-refractivity contribution >= 4 is 11.7 Å². The highest BCUT2D eigenvalue weighted by molar-refractivity contribution is 5.93. The van der Waals surface area contributed by atoms with Crippen molar-refractivity contribution in [2.45, 2.75) is 19.4 Å². The van der Waals surface area contributed by atoms with Crippen LogP contribution in [0.4, 0.5) is 5.82 Å². The molecule has 1 heterocycles. The van der Waals surface area contributed by atoms with E-state index in [1.165, 1.54) is 4.90 Å². The Morgan fingerprint density at radius 1 is 1.33 bits per heavy atom. The summed E-state index contributed by atoms with van der Waals surface area (Å²) in [4.78, 5) is 19.4. The van der Waals surface area contributed by atoms with Gasteiger partial charge in [0.05, 0.1) is 17.7 Å². The minimum absolute atomic E-state index is 0.0313. The number of hydrogen-bond donors (Lipinski definition) is 1. The third-order valence-electron chi connectivity index (χ3n) is 3.04. The summed E-state index contributed by atoms with van der Waals surface area (Å²) >= 11 is 0. The second kappa shape index (κ2) is 5.35. The topological polar surface area (TPSA) is 56.7 Å². The SMILES string of the molecule is CN(C)C(=O)c1ccc(N(C)C(C)(C)CO)nc1. The van der Waals surface area contributed by atoms with E-state index in [4.69, 9.17) is 0 Å². The van der Waals surface area contributed by atoms with Crippen molar-refractivity contribution in [3.05, 3.63) is 23.9 Å². The van der Waals surface area contributed by atoms with Crippen LogP contribution in [0, 0.1) is 0 Å². The maximum absolute atomic E-state index is 11.7. The lowest BCUT2D eigenvalue weighted by Gasteiger charge is -2.34. The molecule has 0 spiro atoms. The molecule has 1 amide bonds. The highest BCUT2D eigenvalue weighted by atomic mass is 16.3. The van der Waals surface area contributed by atoms with Gasteiger partial charge in [0.1, 0.15) is 5.82 Å². The quantitative estimate of drug-likeness (QED) is 0.867. The molecule has 0 atom stereocenters. The van der Waals surface area contributed by atoms with Gasteiger partial charge in [-0.15, -0.1) is 0 Å². The summed E-state index contributed by atoms with van der Waals surface area (Å²) < 4.78 is 0. The van der Waals surface area contributed by atoms with Gasteiger partial charge in [-0.05, 0) is 26.0 Å². The van der Waals surface area contributed by atoms with Gasteiger partial charge in [-0.2, -0.15) is 0 Å². The second-order valence-electron chi connectivity index (χ2n) is 5.13. The molecule has 0 saturated heterocycles. The number of likely N-dealkylation sites (N-methyl/N-ethyl adjacent to an activating group) is 1. The first-order chi connectivity index (χ1) is 8.29. The zero-order valence-corrected chi connectivity index (χ0v) is 11.6. The van der Waals surface area contributed by atoms with Gasteiger partial charge < -0.3 is 14.9 Å². The van der Waals surface area contributed by atoms with Crippen LogP contribution in [0.3, 0.4) is 0 Å². The zero-order chi connectivity index (χ0) is 13.9. The number of aromatic nitrogens is 1. The maximum Gasteiger partial charge on any atom is 0.254 e. The third kappa shape index (κ3) is 2.98. The largest absolute Gasteiger partial charge is 0.394 e. The van der Waals surface area contributed by atoms with Crippen molar-refractivity contribution in [3.63, 3.8) is 0 Å². The number of aliphatic hydroxyl groups excluding tert-OH is 1. The van der Waals surface area contributed by atoms with Crippen LogP contribution in [0.25, 0.3) is 0 Å². The Bertz CT molecular complexity index is 413. The summed E-state index contributed by atoms with van der Waals surface area (Å²) in [6.07, 6.45) is 1.56. The number of carbonyl (C=O) groups is 1. The molecule has 0 aromatic carbocycles. The number of aliphatic hydroxyl groups is 1. The molecule has 18 heavy (non-hydrogen) atoms. The number of hydrogen-bond acceptors (Lipinski definition) is 4. The van der Waals surface area contributed by atoms with Crippen molar-refractivity contribution in [2.75, 3.05) is 32.6 Å². The molecule has 1 rings (SSSR count). The first kappa shape index (κ1) is 14.4. The van der Waals surface area contributed by atoms with Gasteiger partial charge in [-0.25, -0.2) is 4.98 Å². The highest BCUT2D eigenvalue weighted by Gasteiger charge is 2.23. The van der Waals surface area contributed by atoms with E-state index in [9.17, 15) is 9.90 Å². The molecule has 0 bridgehead atoms. The van der Waals surface area contributed by atoms with E-state index >= 15 is 0 Å². The molecule has 0 unspecified atom stereocenters. The number of anilines is 1. The first-order valence-corrected chi connectivity index (χ1v) is 5.82. The van der Waals surface area contributed by atoms with E-state index in [0.717, 1.165) is 5.82 Å². The molecule has 0 aliphatic heterocycles. The standard InChI is InChI=1S/C13H21N3O2/c1-13(2,9-17)16(5)11-7-6-10(8-14-11)12(18)15(3)4/h6-8,17H,9H2,1-5H3. The summed E-state index contributed by atoms with van der Waals surface area (Å²) in [5.74, 6) is 0.655. The van der Waals surface area contributed by atoms with Gasteiger partial charge >= 0.3 is 0 Å². The normalized spacial score (nSPS) is 11.2. The predicted molar refractivity (Wildman–Crippen MR) is 71.8 cm³/mol. The predicted octanol–water partition coefficient (Wildman–Crippen LogP) is 0.990. The molecular weight excluding hydrogens is 230 g/mol. The average molecular weight is 251 g/mol. The smallest absolute Gasteiger partial charge is 0.254 e. The average Bonchev–Trinajstić information content (AvgIpc) is 2.37. The molecular formula is C13H21N3O2. The maximum atomic E-state index is 11.7. The van der Waals surface area contributed by atoms with Crippen LogP contribution >= 0.6 is 0 Å². The first-order valence-electron chi connectivity index (χ1n) is 5.82. The Labute approximate surface area is 108 Å². The van der Waals surface area contributed by atoms with Gasteiger partial charge in [0.15, 0.2) is 0 Å². The number of pyridine rings is 1. The Hall–Kier alpha value is -1.62. The van der Waals surface area contributed by atoms with E-state index in [-0.39, 0.29) is 18.1 Å². The van der Waals surface area contributed by atoms with Gasteiger partial charge in [0, 0.05) is 27.3 Å². The van der Waals surface area contributed by atoms with Crippen LogP contribution in [-0.4, -0.2) is 54.2 Å². The van der Waals surface area contributed by atoms with Crippen LogP contribution < -0.4 is 4.90 Å². The van der Waals surface area contributed by atoms with Gasteiger partial charge in [0.2, 0.25) is 0 Å². The van der Waals surface area contributed by atoms with Crippen LogP contribution in [-0.2, 0) is 0 Å². The fourth-order valence-electron chi connectivity index (χ4n) is 1.39. The Morgan fingerprint density at radius 3 is 2.33 bits per heavy atom. The monoisotopic (exact) mass is 251 g/mol.